The molecule has 3 N–H and O–H groups in total. The first kappa shape index (κ1) is 21.1. The van der Waals surface area contributed by atoms with Crippen LogP contribution in [0.2, 0.25) is 0 Å². The molecule has 2 heterocycles. The second-order valence-corrected chi connectivity index (χ2v) is 6.06. The number of rotatable bonds is 4. The highest BCUT2D eigenvalue weighted by Crippen LogP contribution is 2.22. The molecule has 0 aromatic carbocycles. The summed E-state index contributed by atoms with van der Waals surface area (Å²) in [5.41, 5.74) is 5.78. The Morgan fingerprint density at radius 2 is 2.14 bits per heavy atom. The summed E-state index contributed by atoms with van der Waals surface area (Å²) in [7, 11) is 0. The van der Waals surface area contributed by atoms with E-state index in [1.54, 1.807) is 23.4 Å². The van der Waals surface area contributed by atoms with Gasteiger partial charge in [-0.15, -0.1) is 36.2 Å². The van der Waals surface area contributed by atoms with Crippen LogP contribution in [0.25, 0.3) is 0 Å². The SMILES string of the molecule is CC(N)C(C)C(=O)N1CCCC1C(=O)Nc1nccs1.Cl.Cl. The van der Waals surface area contributed by atoms with Crippen LogP contribution in [0.4, 0.5) is 5.13 Å². The van der Waals surface area contributed by atoms with E-state index in [9.17, 15) is 9.59 Å². The van der Waals surface area contributed by atoms with Crippen LogP contribution in [-0.4, -0.2) is 40.3 Å². The van der Waals surface area contributed by atoms with Crippen LogP contribution in [0.3, 0.4) is 0 Å². The molecule has 1 aliphatic heterocycles. The average molecular weight is 369 g/mol. The van der Waals surface area contributed by atoms with Gasteiger partial charge in [0.15, 0.2) is 5.13 Å². The predicted octanol–water partition coefficient (Wildman–Crippen LogP) is 1.90. The van der Waals surface area contributed by atoms with Gasteiger partial charge in [0.2, 0.25) is 11.8 Å². The molecular weight excluding hydrogens is 347 g/mol. The third-order valence-corrected chi connectivity index (χ3v) is 4.37. The monoisotopic (exact) mass is 368 g/mol. The molecule has 9 heteroatoms. The van der Waals surface area contributed by atoms with Gasteiger partial charge in [-0.05, 0) is 19.8 Å². The summed E-state index contributed by atoms with van der Waals surface area (Å²) < 4.78 is 0. The molecule has 6 nitrogen and oxygen atoms in total. The molecule has 3 atom stereocenters. The number of hydrogen-bond donors (Lipinski definition) is 2. The lowest BCUT2D eigenvalue weighted by molar-refractivity contribution is -0.140. The molecule has 2 rings (SSSR count). The summed E-state index contributed by atoms with van der Waals surface area (Å²) in [5.74, 6) is -0.484. The van der Waals surface area contributed by atoms with Crippen LogP contribution in [0.1, 0.15) is 26.7 Å². The predicted molar refractivity (Wildman–Crippen MR) is 92.8 cm³/mol. The van der Waals surface area contributed by atoms with Crippen LogP contribution in [0, 0.1) is 5.92 Å². The maximum Gasteiger partial charge on any atom is 0.248 e. The lowest BCUT2D eigenvalue weighted by Gasteiger charge is -2.27. The van der Waals surface area contributed by atoms with Crippen LogP contribution in [0.15, 0.2) is 11.6 Å². The number of amides is 2. The molecule has 0 spiro atoms. The minimum absolute atomic E-state index is 0. The summed E-state index contributed by atoms with van der Waals surface area (Å²) in [6.07, 6.45) is 3.16. The van der Waals surface area contributed by atoms with E-state index in [1.165, 1.54) is 11.3 Å². The molecule has 0 bridgehead atoms. The van der Waals surface area contributed by atoms with Crippen LogP contribution in [-0.2, 0) is 9.59 Å². The molecule has 1 aromatic rings. The Morgan fingerprint density at radius 3 is 2.68 bits per heavy atom. The fourth-order valence-electron chi connectivity index (χ4n) is 2.26. The molecule has 1 aliphatic rings. The Morgan fingerprint density at radius 1 is 1.45 bits per heavy atom. The first-order valence-electron chi connectivity index (χ1n) is 6.77. The number of nitrogens with zero attached hydrogens (tertiary/aromatic N) is 2. The van der Waals surface area contributed by atoms with Gasteiger partial charge in [-0.2, -0.15) is 0 Å². The standard InChI is InChI=1S/C13H20N4O2S.2ClH/c1-8(9(2)14)12(19)17-6-3-4-10(17)11(18)16-13-15-5-7-20-13;;/h5,7-10H,3-4,6,14H2,1-2H3,(H,15,16,18);2*1H. The summed E-state index contributed by atoms with van der Waals surface area (Å²) >= 11 is 1.36. The van der Waals surface area contributed by atoms with Gasteiger partial charge in [-0.1, -0.05) is 6.92 Å². The van der Waals surface area contributed by atoms with E-state index in [2.05, 4.69) is 10.3 Å². The summed E-state index contributed by atoms with van der Waals surface area (Å²) in [6, 6.07) is -0.627. The molecule has 0 radical (unpaired) electrons. The number of anilines is 1. The zero-order chi connectivity index (χ0) is 14.7. The molecule has 126 valence electrons. The Bertz CT molecular complexity index is 484. The Kier molecular flexibility index (Phi) is 8.92. The first-order valence-corrected chi connectivity index (χ1v) is 7.65. The highest BCUT2D eigenvalue weighted by Gasteiger charge is 2.36. The van der Waals surface area contributed by atoms with E-state index < -0.39 is 6.04 Å². The van der Waals surface area contributed by atoms with Crippen LogP contribution < -0.4 is 11.1 Å². The molecule has 1 aromatic heterocycles. The number of hydrogen-bond acceptors (Lipinski definition) is 5. The normalized spacial score (nSPS) is 19.6. The number of carbonyl (C=O) groups excluding carboxylic acids is 2. The van der Waals surface area contributed by atoms with Gasteiger partial charge in [0.1, 0.15) is 6.04 Å². The summed E-state index contributed by atoms with van der Waals surface area (Å²) in [6.45, 7) is 4.23. The zero-order valence-electron chi connectivity index (χ0n) is 12.5. The molecular formula is C13H22Cl2N4O2S. The minimum atomic E-state index is -0.410. The van der Waals surface area contributed by atoms with E-state index in [1.807, 2.05) is 6.92 Å². The highest BCUT2D eigenvalue weighted by atomic mass is 35.5. The summed E-state index contributed by atoms with van der Waals surface area (Å²) in [5, 5.41) is 5.12. The molecule has 2 amide bonds. The maximum atomic E-state index is 12.4. The van der Waals surface area contributed by atoms with Gasteiger partial charge >= 0.3 is 0 Å². The first-order chi connectivity index (χ1) is 9.50. The number of halogens is 2. The number of nitrogens with two attached hydrogens (primary N) is 1. The minimum Gasteiger partial charge on any atom is -0.330 e. The Balaban J connectivity index is 0.00000220. The van der Waals surface area contributed by atoms with Crippen molar-refractivity contribution < 1.29 is 9.59 Å². The van der Waals surface area contributed by atoms with Gasteiger partial charge < -0.3 is 16.0 Å². The van der Waals surface area contributed by atoms with Gasteiger partial charge in [-0.3, -0.25) is 9.59 Å². The largest absolute Gasteiger partial charge is 0.330 e. The molecule has 0 aliphatic carbocycles. The lowest BCUT2D eigenvalue weighted by Crippen LogP contribution is -2.48. The number of thiazole rings is 1. The van der Waals surface area contributed by atoms with Crippen molar-refractivity contribution in [2.75, 3.05) is 11.9 Å². The molecule has 22 heavy (non-hydrogen) atoms. The maximum absolute atomic E-state index is 12.4. The van der Waals surface area contributed by atoms with E-state index >= 15 is 0 Å². The smallest absolute Gasteiger partial charge is 0.248 e. The van der Waals surface area contributed by atoms with Crippen molar-refractivity contribution in [1.82, 2.24) is 9.88 Å². The van der Waals surface area contributed by atoms with Gasteiger partial charge in [0.25, 0.3) is 0 Å². The molecule has 1 fully saturated rings. The van der Waals surface area contributed by atoms with Crippen LogP contribution in [0.5, 0.6) is 0 Å². The van der Waals surface area contributed by atoms with Crippen molar-refractivity contribution in [3.63, 3.8) is 0 Å². The van der Waals surface area contributed by atoms with Crippen LogP contribution >= 0.6 is 36.2 Å². The van der Waals surface area contributed by atoms with Gasteiger partial charge in [0.05, 0.1) is 5.92 Å². The van der Waals surface area contributed by atoms with Crippen molar-refractivity contribution in [3.05, 3.63) is 11.6 Å². The number of nitrogens with one attached hydrogen (secondary N) is 1. The lowest BCUT2D eigenvalue weighted by atomic mass is 10.0. The van der Waals surface area contributed by atoms with Gasteiger partial charge in [-0.25, -0.2) is 4.98 Å². The average Bonchev–Trinajstić information content (AvgIpc) is 3.07. The van der Waals surface area contributed by atoms with E-state index in [-0.39, 0.29) is 48.6 Å². The summed E-state index contributed by atoms with van der Waals surface area (Å²) in [4.78, 5) is 30.3. The molecule has 0 saturated carbocycles. The van der Waals surface area contributed by atoms with Crippen molar-refractivity contribution in [1.29, 1.82) is 0 Å². The highest BCUT2D eigenvalue weighted by molar-refractivity contribution is 7.13. The van der Waals surface area contributed by atoms with Crippen molar-refractivity contribution in [2.45, 2.75) is 38.8 Å². The third-order valence-electron chi connectivity index (χ3n) is 3.68. The second-order valence-electron chi connectivity index (χ2n) is 5.16. The Hall–Kier alpha value is -0.890. The fourth-order valence-corrected chi connectivity index (χ4v) is 2.80. The fraction of sp³-hybridized carbons (Fsp3) is 0.615. The van der Waals surface area contributed by atoms with Crippen molar-refractivity contribution in [3.8, 4) is 0 Å². The number of likely N-dealkylation sites (tertiary alicyclic amines) is 1. The molecule has 3 unspecified atom stereocenters. The van der Waals surface area contributed by atoms with E-state index in [4.69, 9.17) is 5.73 Å². The second kappa shape index (κ2) is 9.29. The quantitative estimate of drug-likeness (QED) is 0.849. The topological polar surface area (TPSA) is 88.3 Å². The van der Waals surface area contributed by atoms with Gasteiger partial charge in [0, 0.05) is 24.2 Å². The third kappa shape index (κ3) is 4.81. The zero-order valence-corrected chi connectivity index (χ0v) is 15.0. The number of carbonyl (C=O) groups is 2. The van der Waals surface area contributed by atoms with Crippen molar-refractivity contribution in [2.24, 2.45) is 11.7 Å². The van der Waals surface area contributed by atoms with Crippen molar-refractivity contribution >= 4 is 53.1 Å². The number of aromatic nitrogens is 1. The molecule has 1 saturated heterocycles. The van der Waals surface area contributed by atoms with E-state index in [0.29, 0.717) is 18.1 Å². The van der Waals surface area contributed by atoms with E-state index in [0.717, 1.165) is 6.42 Å². The Labute approximate surface area is 146 Å².